The quantitative estimate of drug-likeness (QED) is 0.665. The van der Waals surface area contributed by atoms with Crippen molar-refractivity contribution in [2.24, 2.45) is 5.92 Å². The van der Waals surface area contributed by atoms with Crippen LogP contribution in [0.1, 0.15) is 0 Å². The highest BCUT2D eigenvalue weighted by Crippen LogP contribution is 2.48. The van der Waals surface area contributed by atoms with Gasteiger partial charge in [-0.15, -0.1) is 0 Å². The van der Waals surface area contributed by atoms with Crippen LogP contribution < -0.4 is 4.74 Å². The lowest BCUT2D eigenvalue weighted by Crippen LogP contribution is -2.51. The van der Waals surface area contributed by atoms with Crippen LogP contribution in [-0.4, -0.2) is 18.5 Å². The summed E-state index contributed by atoms with van der Waals surface area (Å²) in [6.07, 6.45) is -17.9. The first-order chi connectivity index (χ1) is 8.84. The number of benzene rings is 1. The van der Waals surface area contributed by atoms with Gasteiger partial charge in [-0.3, -0.25) is 0 Å². The predicted octanol–water partition coefficient (Wildman–Crippen LogP) is 5.16. The van der Waals surface area contributed by atoms with Gasteiger partial charge in [-0.1, -0.05) is 15.9 Å². The summed E-state index contributed by atoms with van der Waals surface area (Å²) in [6, 6.07) is 3.87. The van der Waals surface area contributed by atoms with Crippen molar-refractivity contribution in [2.75, 3.05) is 0 Å². The molecule has 0 saturated carbocycles. The molecule has 0 heterocycles. The van der Waals surface area contributed by atoms with Gasteiger partial charge in [-0.25, -0.2) is 0 Å². The number of hydrogen-bond donors (Lipinski definition) is 0. The first-order valence-corrected chi connectivity index (χ1v) is 5.59. The minimum atomic E-state index is -6.20. The number of ether oxygens (including phenoxy) is 1. The summed E-state index contributed by atoms with van der Waals surface area (Å²) in [4.78, 5) is 0. The fourth-order valence-electron chi connectivity index (χ4n) is 1.29. The van der Waals surface area contributed by atoms with E-state index in [1.54, 1.807) is 0 Å². The lowest BCUT2D eigenvalue weighted by molar-refractivity contribution is -0.379. The van der Waals surface area contributed by atoms with Gasteiger partial charge in [0.15, 0.2) is 0 Å². The van der Waals surface area contributed by atoms with E-state index in [1.165, 1.54) is 0 Å². The van der Waals surface area contributed by atoms with Crippen LogP contribution in [0.4, 0.5) is 35.1 Å². The van der Waals surface area contributed by atoms with E-state index in [2.05, 4.69) is 20.7 Å². The molecule has 0 aliphatic rings. The monoisotopic (exact) mass is 372 g/mol. The minimum Gasteiger partial charge on any atom is -0.432 e. The Balaban J connectivity index is 3.08. The maximum Gasteiger partial charge on any atom is 0.418 e. The molecular formula is C10H5BrF8O. The van der Waals surface area contributed by atoms with E-state index < -0.39 is 30.1 Å². The Morgan fingerprint density at radius 2 is 1.20 bits per heavy atom. The Hall–Kier alpha value is -1.06. The Kier molecular flexibility index (Phi) is 4.57. The average molecular weight is 373 g/mol. The zero-order valence-electron chi connectivity index (χ0n) is 9.20. The summed E-state index contributed by atoms with van der Waals surface area (Å²) < 4.78 is 103. The molecule has 1 aromatic rings. The Morgan fingerprint density at radius 3 is 1.55 bits per heavy atom. The second kappa shape index (κ2) is 5.38. The second-order valence-electron chi connectivity index (χ2n) is 3.63. The van der Waals surface area contributed by atoms with Gasteiger partial charge in [-0.2, -0.15) is 35.1 Å². The van der Waals surface area contributed by atoms with E-state index in [-0.39, 0.29) is 0 Å². The van der Waals surface area contributed by atoms with Crippen LogP contribution in [0.3, 0.4) is 0 Å². The molecule has 0 aromatic heterocycles. The van der Waals surface area contributed by atoms with E-state index in [0.717, 1.165) is 24.3 Å². The van der Waals surface area contributed by atoms with E-state index in [0.29, 0.717) is 4.47 Å². The molecule has 1 nitrogen and oxygen atoms in total. The molecule has 0 fully saturated rings. The Bertz CT molecular complexity index is 436. The zero-order valence-corrected chi connectivity index (χ0v) is 10.8. The topological polar surface area (TPSA) is 9.23 Å². The van der Waals surface area contributed by atoms with Gasteiger partial charge in [0.2, 0.25) is 0 Å². The molecule has 0 saturated heterocycles. The molecule has 0 amide bonds. The van der Waals surface area contributed by atoms with Gasteiger partial charge in [0.25, 0.3) is 5.92 Å². The zero-order chi connectivity index (χ0) is 15.8. The molecule has 0 bridgehead atoms. The molecule has 0 spiro atoms. The molecule has 0 aliphatic heterocycles. The van der Waals surface area contributed by atoms with Gasteiger partial charge in [0.05, 0.1) is 0 Å². The van der Waals surface area contributed by atoms with Gasteiger partial charge >= 0.3 is 18.5 Å². The van der Waals surface area contributed by atoms with Crippen LogP contribution >= 0.6 is 15.9 Å². The molecule has 20 heavy (non-hydrogen) atoms. The summed E-state index contributed by atoms with van der Waals surface area (Å²) in [5, 5.41) is 0. The molecule has 0 unspecified atom stereocenters. The van der Waals surface area contributed by atoms with Crippen molar-refractivity contribution in [3.8, 4) is 5.75 Å². The number of alkyl halides is 8. The van der Waals surface area contributed by atoms with Crippen LogP contribution in [0, 0.1) is 5.92 Å². The van der Waals surface area contributed by atoms with Gasteiger partial charge in [0, 0.05) is 4.47 Å². The van der Waals surface area contributed by atoms with Crippen molar-refractivity contribution >= 4 is 15.9 Å². The highest BCUT2D eigenvalue weighted by Gasteiger charge is 2.70. The minimum absolute atomic E-state index is 0.386. The van der Waals surface area contributed by atoms with Crippen LogP contribution in [-0.2, 0) is 0 Å². The average Bonchev–Trinajstić information content (AvgIpc) is 2.15. The number of halogens is 9. The first kappa shape index (κ1) is 17.0. The fraction of sp³-hybridized carbons (Fsp3) is 0.400. The molecule has 0 atom stereocenters. The predicted molar refractivity (Wildman–Crippen MR) is 55.3 cm³/mol. The largest absolute Gasteiger partial charge is 0.432 e. The van der Waals surface area contributed by atoms with Crippen molar-refractivity contribution in [1.82, 2.24) is 0 Å². The molecule has 0 radical (unpaired) electrons. The van der Waals surface area contributed by atoms with Crippen LogP contribution in [0.25, 0.3) is 0 Å². The molecule has 1 rings (SSSR count). The smallest absolute Gasteiger partial charge is 0.418 e. The maximum absolute atomic E-state index is 13.2. The Morgan fingerprint density at radius 1 is 0.800 bits per heavy atom. The fourth-order valence-corrected chi connectivity index (χ4v) is 1.55. The molecule has 10 heteroatoms. The lowest BCUT2D eigenvalue weighted by atomic mass is 10.1. The third-order valence-electron chi connectivity index (χ3n) is 2.06. The van der Waals surface area contributed by atoms with Crippen molar-refractivity contribution in [3.63, 3.8) is 0 Å². The van der Waals surface area contributed by atoms with Crippen molar-refractivity contribution < 1.29 is 39.9 Å². The third-order valence-corrected chi connectivity index (χ3v) is 2.59. The van der Waals surface area contributed by atoms with E-state index in [4.69, 9.17) is 0 Å². The van der Waals surface area contributed by atoms with Crippen LogP contribution in [0.2, 0.25) is 0 Å². The highest BCUT2D eigenvalue weighted by atomic mass is 79.9. The van der Waals surface area contributed by atoms with Gasteiger partial charge < -0.3 is 4.74 Å². The third kappa shape index (κ3) is 4.22. The molecule has 0 aliphatic carbocycles. The normalized spacial score (nSPS) is 13.7. The van der Waals surface area contributed by atoms with E-state index in [1.807, 2.05) is 0 Å². The van der Waals surface area contributed by atoms with Crippen molar-refractivity contribution in [3.05, 3.63) is 28.7 Å². The SMILES string of the molecule is FC(F)(F)C(C(F)(F)F)C(F)(F)Oc1ccc(Br)cc1. The summed E-state index contributed by atoms with van der Waals surface area (Å²) in [5.74, 6) is -5.73. The van der Waals surface area contributed by atoms with Crippen LogP contribution in [0.15, 0.2) is 28.7 Å². The standard InChI is InChI=1S/C10H5BrF8O/c11-5-1-3-6(4-2-5)20-10(18,19)7(8(12,13)14)9(15,16)17/h1-4,7H. The summed E-state index contributed by atoms with van der Waals surface area (Å²) in [5.41, 5.74) is 0. The van der Waals surface area contributed by atoms with Crippen LogP contribution in [0.5, 0.6) is 5.75 Å². The maximum atomic E-state index is 13.2. The summed E-state index contributed by atoms with van der Waals surface area (Å²) >= 11 is 2.91. The summed E-state index contributed by atoms with van der Waals surface area (Å²) in [6.45, 7) is 0. The summed E-state index contributed by atoms with van der Waals surface area (Å²) in [7, 11) is 0. The Labute approximate surface area is 115 Å². The highest BCUT2D eigenvalue weighted by molar-refractivity contribution is 9.10. The van der Waals surface area contributed by atoms with Crippen molar-refractivity contribution in [1.29, 1.82) is 0 Å². The van der Waals surface area contributed by atoms with Gasteiger partial charge in [-0.05, 0) is 24.3 Å². The lowest BCUT2D eigenvalue weighted by Gasteiger charge is -2.29. The van der Waals surface area contributed by atoms with E-state index in [9.17, 15) is 35.1 Å². The first-order valence-electron chi connectivity index (χ1n) is 4.80. The molecule has 1 aromatic carbocycles. The number of hydrogen-bond acceptors (Lipinski definition) is 1. The molecule has 114 valence electrons. The molecule has 0 N–H and O–H groups in total. The number of rotatable bonds is 3. The molecular weight excluding hydrogens is 368 g/mol. The van der Waals surface area contributed by atoms with E-state index >= 15 is 0 Å². The van der Waals surface area contributed by atoms with Gasteiger partial charge in [0.1, 0.15) is 5.75 Å². The second-order valence-corrected chi connectivity index (χ2v) is 4.55. The van der Waals surface area contributed by atoms with Crippen molar-refractivity contribution in [2.45, 2.75) is 18.5 Å².